The minimum atomic E-state index is 1.06. The van der Waals surface area contributed by atoms with Crippen LogP contribution < -0.4 is 5.32 Å². The number of thiophene rings is 1. The van der Waals surface area contributed by atoms with Gasteiger partial charge >= 0.3 is 0 Å². The largest absolute Gasteiger partial charge is 0.319 e. The van der Waals surface area contributed by atoms with Crippen LogP contribution in [-0.2, 0) is 6.42 Å². The molecule has 0 aliphatic heterocycles. The predicted octanol–water partition coefficient (Wildman–Crippen LogP) is 2.89. The van der Waals surface area contributed by atoms with Gasteiger partial charge in [-0.25, -0.2) is 0 Å². The lowest BCUT2D eigenvalue weighted by Crippen LogP contribution is -2.09. The molecule has 0 unspecified atom stereocenters. The third-order valence-electron chi connectivity index (χ3n) is 1.93. The minimum Gasteiger partial charge on any atom is -0.319 e. The van der Waals surface area contributed by atoms with Gasteiger partial charge in [-0.1, -0.05) is 0 Å². The smallest absolute Gasteiger partial charge is 0.0343 e. The zero-order chi connectivity index (χ0) is 9.14. The van der Waals surface area contributed by atoms with Crippen LogP contribution in [0.3, 0.4) is 0 Å². The van der Waals surface area contributed by atoms with Crippen LogP contribution in [0.5, 0.6) is 0 Å². The maximum atomic E-state index is 3.58. The molecular formula is C9H14BrNS. The highest BCUT2D eigenvalue weighted by Crippen LogP contribution is 2.31. The Hall–Kier alpha value is 0.140. The lowest BCUT2D eigenvalue weighted by atomic mass is 10.2. The van der Waals surface area contributed by atoms with E-state index in [2.05, 4.69) is 35.1 Å². The summed E-state index contributed by atoms with van der Waals surface area (Å²) in [6, 6.07) is 0. The second kappa shape index (κ2) is 4.40. The van der Waals surface area contributed by atoms with Crippen LogP contribution >= 0.6 is 27.3 Å². The van der Waals surface area contributed by atoms with Crippen LogP contribution in [0.25, 0.3) is 0 Å². The lowest BCUT2D eigenvalue weighted by molar-refractivity contribution is 0.796. The Kier molecular flexibility index (Phi) is 3.75. The molecule has 1 N–H and O–H groups in total. The second-order valence-corrected chi connectivity index (χ2v) is 4.98. The highest BCUT2D eigenvalue weighted by Gasteiger charge is 2.08. The van der Waals surface area contributed by atoms with Crippen LogP contribution in [0.4, 0.5) is 0 Å². The highest BCUT2D eigenvalue weighted by atomic mass is 79.9. The van der Waals surface area contributed by atoms with E-state index in [1.165, 1.54) is 19.8 Å². The summed E-state index contributed by atoms with van der Waals surface area (Å²) < 4.78 is 1.29. The van der Waals surface area contributed by atoms with Gasteiger partial charge in [-0.05, 0) is 55.4 Å². The second-order valence-electron chi connectivity index (χ2n) is 2.87. The molecule has 0 aromatic carbocycles. The molecule has 0 saturated heterocycles. The molecule has 1 heterocycles. The van der Waals surface area contributed by atoms with Gasteiger partial charge in [0.25, 0.3) is 0 Å². The molecule has 0 spiro atoms. The zero-order valence-corrected chi connectivity index (χ0v) is 10.1. The van der Waals surface area contributed by atoms with E-state index < -0.39 is 0 Å². The standard InChI is InChI=1S/C9H14BrNS/c1-6-8(4-5-11-3)12-7(2)9(6)10/h11H,4-5H2,1-3H3. The molecular weight excluding hydrogens is 234 g/mol. The van der Waals surface area contributed by atoms with Crippen LogP contribution in [0.1, 0.15) is 15.3 Å². The quantitative estimate of drug-likeness (QED) is 0.867. The normalized spacial score (nSPS) is 10.7. The molecule has 0 bridgehead atoms. The fourth-order valence-corrected chi connectivity index (χ4v) is 2.85. The lowest BCUT2D eigenvalue weighted by Gasteiger charge is -1.97. The van der Waals surface area contributed by atoms with E-state index >= 15 is 0 Å². The fraction of sp³-hybridized carbons (Fsp3) is 0.556. The predicted molar refractivity (Wildman–Crippen MR) is 59.1 cm³/mol. The maximum absolute atomic E-state index is 3.58. The Labute approximate surface area is 86.3 Å². The Bertz CT molecular complexity index is 268. The fourth-order valence-electron chi connectivity index (χ4n) is 1.17. The summed E-state index contributed by atoms with van der Waals surface area (Å²) >= 11 is 5.48. The van der Waals surface area contributed by atoms with E-state index in [0.717, 1.165) is 13.0 Å². The van der Waals surface area contributed by atoms with Crippen molar-refractivity contribution in [3.8, 4) is 0 Å². The van der Waals surface area contributed by atoms with Gasteiger partial charge < -0.3 is 5.32 Å². The zero-order valence-electron chi connectivity index (χ0n) is 7.70. The van der Waals surface area contributed by atoms with Gasteiger partial charge in [0.2, 0.25) is 0 Å². The third-order valence-corrected chi connectivity index (χ3v) is 4.65. The topological polar surface area (TPSA) is 12.0 Å². The van der Waals surface area contributed by atoms with Crippen LogP contribution in [-0.4, -0.2) is 13.6 Å². The molecule has 0 saturated carbocycles. The molecule has 0 aliphatic carbocycles. The van der Waals surface area contributed by atoms with Gasteiger partial charge in [-0.15, -0.1) is 11.3 Å². The SMILES string of the molecule is CNCCc1sc(C)c(Br)c1C. The molecule has 1 rings (SSSR count). The van der Waals surface area contributed by atoms with Crippen molar-refractivity contribution in [1.29, 1.82) is 0 Å². The van der Waals surface area contributed by atoms with E-state index in [1.54, 1.807) is 0 Å². The summed E-state index contributed by atoms with van der Waals surface area (Å²) in [5, 5.41) is 3.16. The summed E-state index contributed by atoms with van der Waals surface area (Å²) in [6.45, 7) is 5.40. The third kappa shape index (κ3) is 2.09. The van der Waals surface area contributed by atoms with Gasteiger partial charge in [0.05, 0.1) is 0 Å². The van der Waals surface area contributed by atoms with Gasteiger partial charge in [-0.3, -0.25) is 0 Å². The van der Waals surface area contributed by atoms with E-state index in [1.807, 2.05) is 18.4 Å². The van der Waals surface area contributed by atoms with Crippen molar-refractivity contribution in [1.82, 2.24) is 5.32 Å². The molecule has 0 radical (unpaired) electrons. The minimum absolute atomic E-state index is 1.06. The summed E-state index contributed by atoms with van der Waals surface area (Å²) in [5.41, 5.74) is 1.41. The Morgan fingerprint density at radius 3 is 2.50 bits per heavy atom. The Morgan fingerprint density at radius 1 is 1.42 bits per heavy atom. The van der Waals surface area contributed by atoms with Crippen molar-refractivity contribution >= 4 is 27.3 Å². The number of hydrogen-bond donors (Lipinski definition) is 1. The monoisotopic (exact) mass is 247 g/mol. The molecule has 68 valence electrons. The first kappa shape index (κ1) is 10.2. The molecule has 0 atom stereocenters. The number of likely N-dealkylation sites (N-methyl/N-ethyl adjacent to an activating group) is 1. The van der Waals surface area contributed by atoms with E-state index in [9.17, 15) is 0 Å². The van der Waals surface area contributed by atoms with Crippen molar-refractivity contribution in [2.24, 2.45) is 0 Å². The van der Waals surface area contributed by atoms with Gasteiger partial charge in [-0.2, -0.15) is 0 Å². The first-order valence-electron chi connectivity index (χ1n) is 4.05. The van der Waals surface area contributed by atoms with E-state index in [4.69, 9.17) is 0 Å². The summed E-state index contributed by atoms with van der Waals surface area (Å²) in [6.07, 6.45) is 1.14. The van der Waals surface area contributed by atoms with Crippen molar-refractivity contribution in [2.45, 2.75) is 20.3 Å². The summed E-state index contributed by atoms with van der Waals surface area (Å²) in [7, 11) is 1.99. The Balaban J connectivity index is 2.79. The van der Waals surface area contributed by atoms with Gasteiger partial charge in [0.1, 0.15) is 0 Å². The van der Waals surface area contributed by atoms with Crippen molar-refractivity contribution < 1.29 is 0 Å². The van der Waals surface area contributed by atoms with E-state index in [0.29, 0.717) is 0 Å². The number of rotatable bonds is 3. The molecule has 1 nitrogen and oxygen atoms in total. The van der Waals surface area contributed by atoms with E-state index in [-0.39, 0.29) is 0 Å². The Morgan fingerprint density at radius 2 is 2.08 bits per heavy atom. The molecule has 1 aromatic heterocycles. The first-order chi connectivity index (χ1) is 5.66. The maximum Gasteiger partial charge on any atom is 0.0343 e. The molecule has 0 aliphatic rings. The molecule has 12 heavy (non-hydrogen) atoms. The number of hydrogen-bond acceptors (Lipinski definition) is 2. The molecule has 0 fully saturated rings. The average Bonchev–Trinajstić information content (AvgIpc) is 2.30. The van der Waals surface area contributed by atoms with Crippen molar-refractivity contribution in [3.63, 3.8) is 0 Å². The number of nitrogens with one attached hydrogen (secondary N) is 1. The van der Waals surface area contributed by atoms with Gasteiger partial charge in [0.15, 0.2) is 0 Å². The van der Waals surface area contributed by atoms with Crippen LogP contribution in [0.15, 0.2) is 4.47 Å². The van der Waals surface area contributed by atoms with Crippen LogP contribution in [0.2, 0.25) is 0 Å². The average molecular weight is 248 g/mol. The molecule has 3 heteroatoms. The summed E-state index contributed by atoms with van der Waals surface area (Å²) in [4.78, 5) is 2.88. The van der Waals surface area contributed by atoms with Crippen LogP contribution in [0, 0.1) is 13.8 Å². The van der Waals surface area contributed by atoms with Gasteiger partial charge in [0, 0.05) is 14.2 Å². The molecule has 1 aromatic rings. The van der Waals surface area contributed by atoms with Crippen molar-refractivity contribution in [3.05, 3.63) is 19.8 Å². The molecule has 0 amide bonds. The first-order valence-corrected chi connectivity index (χ1v) is 5.66. The highest BCUT2D eigenvalue weighted by molar-refractivity contribution is 9.10. The number of aryl methyl sites for hydroxylation is 1. The summed E-state index contributed by atoms with van der Waals surface area (Å²) in [5.74, 6) is 0. The van der Waals surface area contributed by atoms with Crippen molar-refractivity contribution in [2.75, 3.05) is 13.6 Å². The number of halogens is 1.